The van der Waals surface area contributed by atoms with Crippen molar-refractivity contribution in [3.05, 3.63) is 0 Å². The topological polar surface area (TPSA) is 49.3 Å². The van der Waals surface area contributed by atoms with Gasteiger partial charge in [-0.15, -0.1) is 0 Å². The molecule has 1 N–H and O–H groups in total. The SMILES string of the molecule is CCNC(=NCC1CCCN1CCOC)N(C)CCOCC1CC1. The second kappa shape index (κ2) is 10.9. The van der Waals surface area contributed by atoms with Crippen molar-refractivity contribution in [3.8, 4) is 0 Å². The maximum Gasteiger partial charge on any atom is 0.193 e. The minimum absolute atomic E-state index is 0.549. The molecule has 0 aromatic carbocycles. The summed E-state index contributed by atoms with van der Waals surface area (Å²) in [5.74, 6) is 1.82. The monoisotopic (exact) mass is 340 g/mol. The number of methoxy groups -OCH3 is 1. The molecule has 0 radical (unpaired) electrons. The number of aliphatic imine (C=N–C) groups is 1. The number of nitrogens with one attached hydrogen (secondary N) is 1. The summed E-state index contributed by atoms with van der Waals surface area (Å²) in [6.45, 7) is 9.45. The van der Waals surface area contributed by atoms with Gasteiger partial charge in [0.1, 0.15) is 0 Å². The second-order valence-corrected chi connectivity index (χ2v) is 6.96. The lowest BCUT2D eigenvalue weighted by Gasteiger charge is -2.25. The minimum atomic E-state index is 0.549. The Morgan fingerprint density at radius 2 is 2.12 bits per heavy atom. The van der Waals surface area contributed by atoms with E-state index in [-0.39, 0.29) is 0 Å². The molecule has 0 spiro atoms. The molecule has 140 valence electrons. The summed E-state index contributed by atoms with van der Waals surface area (Å²) in [5, 5.41) is 3.40. The molecule has 2 fully saturated rings. The van der Waals surface area contributed by atoms with E-state index in [4.69, 9.17) is 14.5 Å². The average Bonchev–Trinajstić information content (AvgIpc) is 3.31. The zero-order valence-electron chi connectivity index (χ0n) is 15.8. The molecule has 1 atom stereocenters. The van der Waals surface area contributed by atoms with Gasteiger partial charge in [-0.1, -0.05) is 0 Å². The van der Waals surface area contributed by atoms with Gasteiger partial charge in [-0.25, -0.2) is 0 Å². The lowest BCUT2D eigenvalue weighted by molar-refractivity contribution is 0.115. The van der Waals surface area contributed by atoms with Crippen LogP contribution in [0.3, 0.4) is 0 Å². The van der Waals surface area contributed by atoms with Crippen molar-refractivity contribution in [2.24, 2.45) is 10.9 Å². The third-order valence-corrected chi connectivity index (χ3v) is 4.85. The number of hydrogen-bond acceptors (Lipinski definition) is 4. The summed E-state index contributed by atoms with van der Waals surface area (Å²) in [6, 6.07) is 0.549. The first-order chi connectivity index (χ1) is 11.7. The fourth-order valence-electron chi connectivity index (χ4n) is 3.11. The molecule has 6 nitrogen and oxygen atoms in total. The molecule has 0 aromatic heterocycles. The molecular weight excluding hydrogens is 304 g/mol. The van der Waals surface area contributed by atoms with Gasteiger partial charge in [-0.2, -0.15) is 0 Å². The lowest BCUT2D eigenvalue weighted by Crippen LogP contribution is -2.42. The number of nitrogens with zero attached hydrogens (tertiary/aromatic N) is 3. The van der Waals surface area contributed by atoms with Crippen molar-refractivity contribution in [2.45, 2.75) is 38.6 Å². The molecule has 1 saturated heterocycles. The van der Waals surface area contributed by atoms with Crippen LogP contribution in [0.25, 0.3) is 0 Å². The Balaban J connectivity index is 1.75. The van der Waals surface area contributed by atoms with Gasteiger partial charge in [0.2, 0.25) is 0 Å². The fourth-order valence-corrected chi connectivity index (χ4v) is 3.11. The molecule has 0 aromatic rings. The maximum absolute atomic E-state index is 5.75. The number of ether oxygens (including phenoxy) is 2. The van der Waals surface area contributed by atoms with Crippen molar-refractivity contribution in [3.63, 3.8) is 0 Å². The lowest BCUT2D eigenvalue weighted by atomic mass is 10.2. The highest BCUT2D eigenvalue weighted by molar-refractivity contribution is 5.79. The Bertz CT molecular complexity index is 374. The first-order valence-corrected chi connectivity index (χ1v) is 9.54. The first-order valence-electron chi connectivity index (χ1n) is 9.54. The molecule has 1 saturated carbocycles. The molecule has 0 amide bonds. The average molecular weight is 341 g/mol. The number of likely N-dealkylation sites (tertiary alicyclic amines) is 1. The van der Waals surface area contributed by atoms with E-state index in [0.717, 1.165) is 57.9 Å². The van der Waals surface area contributed by atoms with Crippen molar-refractivity contribution < 1.29 is 9.47 Å². The van der Waals surface area contributed by atoms with Crippen LogP contribution in [0.4, 0.5) is 0 Å². The third-order valence-electron chi connectivity index (χ3n) is 4.85. The second-order valence-electron chi connectivity index (χ2n) is 6.96. The van der Waals surface area contributed by atoms with Crippen LogP contribution >= 0.6 is 0 Å². The minimum Gasteiger partial charge on any atom is -0.383 e. The van der Waals surface area contributed by atoms with E-state index < -0.39 is 0 Å². The highest BCUT2D eigenvalue weighted by atomic mass is 16.5. The molecule has 1 heterocycles. The summed E-state index contributed by atoms with van der Waals surface area (Å²) in [6.07, 6.45) is 5.20. The van der Waals surface area contributed by atoms with Crippen LogP contribution in [0, 0.1) is 5.92 Å². The quantitative estimate of drug-likeness (QED) is 0.350. The van der Waals surface area contributed by atoms with E-state index in [1.807, 2.05) is 0 Å². The summed E-state index contributed by atoms with van der Waals surface area (Å²) in [5.41, 5.74) is 0. The highest BCUT2D eigenvalue weighted by Crippen LogP contribution is 2.28. The van der Waals surface area contributed by atoms with Crippen LogP contribution in [-0.4, -0.2) is 88.5 Å². The highest BCUT2D eigenvalue weighted by Gasteiger charge is 2.24. The Morgan fingerprint density at radius 3 is 2.83 bits per heavy atom. The van der Waals surface area contributed by atoms with Gasteiger partial charge in [-0.05, 0) is 45.1 Å². The molecule has 2 aliphatic rings. The molecule has 24 heavy (non-hydrogen) atoms. The Labute approximate surface area is 147 Å². The third kappa shape index (κ3) is 6.95. The van der Waals surface area contributed by atoms with Crippen molar-refractivity contribution in [1.82, 2.24) is 15.1 Å². The standard InChI is InChI=1S/C18H36N4O2/c1-4-19-18(21(2)10-13-24-15-16-7-8-16)20-14-17-6-5-9-22(17)11-12-23-3/h16-17H,4-15H2,1-3H3,(H,19,20). The van der Waals surface area contributed by atoms with E-state index in [9.17, 15) is 0 Å². The zero-order valence-corrected chi connectivity index (χ0v) is 15.8. The van der Waals surface area contributed by atoms with Gasteiger partial charge in [0.25, 0.3) is 0 Å². The molecule has 1 unspecified atom stereocenters. The first kappa shape index (κ1) is 19.5. The van der Waals surface area contributed by atoms with Crippen LogP contribution in [-0.2, 0) is 9.47 Å². The van der Waals surface area contributed by atoms with Crippen molar-refractivity contribution >= 4 is 5.96 Å². The molecule has 0 bridgehead atoms. The maximum atomic E-state index is 5.75. The zero-order chi connectivity index (χ0) is 17.2. The van der Waals surface area contributed by atoms with Crippen LogP contribution in [0.5, 0.6) is 0 Å². The predicted octanol–water partition coefficient (Wildman–Crippen LogP) is 1.42. The smallest absolute Gasteiger partial charge is 0.193 e. The van der Waals surface area contributed by atoms with E-state index >= 15 is 0 Å². The Hall–Kier alpha value is -0.850. The van der Waals surface area contributed by atoms with Gasteiger partial charge in [0.05, 0.1) is 19.8 Å². The van der Waals surface area contributed by atoms with E-state index in [2.05, 4.69) is 29.1 Å². The predicted molar refractivity (Wildman–Crippen MR) is 98.6 cm³/mol. The van der Waals surface area contributed by atoms with Crippen molar-refractivity contribution in [1.29, 1.82) is 0 Å². The van der Waals surface area contributed by atoms with Gasteiger partial charge in [0, 0.05) is 46.4 Å². The normalized spacial score (nSPS) is 22.1. The molecular formula is C18H36N4O2. The van der Waals surface area contributed by atoms with E-state index in [1.165, 1.54) is 32.2 Å². The van der Waals surface area contributed by atoms with Gasteiger partial charge < -0.3 is 19.7 Å². The molecule has 6 heteroatoms. The van der Waals surface area contributed by atoms with Crippen LogP contribution in [0.2, 0.25) is 0 Å². The summed E-state index contributed by atoms with van der Waals surface area (Å²) < 4.78 is 11.0. The molecule has 1 aliphatic heterocycles. The number of likely N-dealkylation sites (N-methyl/N-ethyl adjacent to an activating group) is 1. The number of hydrogen-bond donors (Lipinski definition) is 1. The van der Waals surface area contributed by atoms with Crippen molar-refractivity contribution in [2.75, 3.05) is 66.7 Å². The van der Waals surface area contributed by atoms with Crippen LogP contribution in [0.1, 0.15) is 32.6 Å². The molecule has 1 aliphatic carbocycles. The summed E-state index contributed by atoms with van der Waals surface area (Å²) in [4.78, 5) is 9.57. The summed E-state index contributed by atoms with van der Waals surface area (Å²) >= 11 is 0. The van der Waals surface area contributed by atoms with Crippen LogP contribution in [0.15, 0.2) is 4.99 Å². The van der Waals surface area contributed by atoms with Gasteiger partial charge in [-0.3, -0.25) is 9.89 Å². The molecule has 2 rings (SSSR count). The number of guanidine groups is 1. The largest absolute Gasteiger partial charge is 0.383 e. The Morgan fingerprint density at radius 1 is 1.29 bits per heavy atom. The van der Waals surface area contributed by atoms with Crippen LogP contribution < -0.4 is 5.32 Å². The van der Waals surface area contributed by atoms with Gasteiger partial charge in [0.15, 0.2) is 5.96 Å². The summed E-state index contributed by atoms with van der Waals surface area (Å²) in [7, 11) is 3.87. The fraction of sp³-hybridized carbons (Fsp3) is 0.944. The van der Waals surface area contributed by atoms with Gasteiger partial charge >= 0.3 is 0 Å². The van der Waals surface area contributed by atoms with E-state index in [0.29, 0.717) is 6.04 Å². The number of rotatable bonds is 11. The van der Waals surface area contributed by atoms with E-state index in [1.54, 1.807) is 7.11 Å². The Kier molecular flexibility index (Phi) is 8.84.